The number of hydrogen-bond acceptors (Lipinski definition) is 6. The SMILES string of the molecule is O=C(NCc1ccc(Oc2ccccc2)cc1)c1nc(Cc2cc(Cl)c(O)c(Cl)c2)no1. The summed E-state index contributed by atoms with van der Waals surface area (Å²) in [6.07, 6.45) is 0.235. The van der Waals surface area contributed by atoms with Crippen molar-refractivity contribution in [1.29, 1.82) is 0 Å². The first-order valence-electron chi connectivity index (χ1n) is 9.57. The summed E-state index contributed by atoms with van der Waals surface area (Å²) in [5.41, 5.74) is 1.55. The van der Waals surface area contributed by atoms with Crippen LogP contribution in [0.15, 0.2) is 71.3 Å². The van der Waals surface area contributed by atoms with Gasteiger partial charge in [0.2, 0.25) is 0 Å². The lowest BCUT2D eigenvalue weighted by molar-refractivity contribution is 0.0907. The zero-order valence-electron chi connectivity index (χ0n) is 16.6. The molecule has 0 fully saturated rings. The molecule has 0 bridgehead atoms. The Morgan fingerprint density at radius 2 is 1.62 bits per heavy atom. The van der Waals surface area contributed by atoms with E-state index in [1.807, 2.05) is 54.6 Å². The normalized spacial score (nSPS) is 10.7. The molecular formula is C23H17Cl2N3O4. The van der Waals surface area contributed by atoms with Gasteiger partial charge in [0.05, 0.1) is 10.0 Å². The van der Waals surface area contributed by atoms with E-state index in [0.717, 1.165) is 11.3 Å². The number of phenolic OH excluding ortho intramolecular Hbond substituents is 1. The summed E-state index contributed by atoms with van der Waals surface area (Å²) in [5, 5.41) is 16.4. The molecule has 1 heterocycles. The van der Waals surface area contributed by atoms with Gasteiger partial charge >= 0.3 is 11.8 Å². The number of nitrogens with one attached hydrogen (secondary N) is 1. The van der Waals surface area contributed by atoms with Crippen LogP contribution in [-0.4, -0.2) is 21.2 Å². The van der Waals surface area contributed by atoms with Crippen LogP contribution in [-0.2, 0) is 13.0 Å². The van der Waals surface area contributed by atoms with Gasteiger partial charge in [0.1, 0.15) is 11.5 Å². The highest BCUT2D eigenvalue weighted by molar-refractivity contribution is 6.37. The zero-order chi connectivity index (χ0) is 22.5. The number of benzene rings is 3. The Hall–Kier alpha value is -3.55. The van der Waals surface area contributed by atoms with E-state index in [9.17, 15) is 9.90 Å². The number of amides is 1. The first kappa shape index (κ1) is 21.7. The predicted molar refractivity (Wildman–Crippen MR) is 119 cm³/mol. The van der Waals surface area contributed by atoms with Crippen LogP contribution in [0, 0.1) is 0 Å². The number of carbonyl (C=O) groups is 1. The minimum Gasteiger partial charge on any atom is -0.505 e. The van der Waals surface area contributed by atoms with E-state index in [2.05, 4.69) is 15.5 Å². The summed E-state index contributed by atoms with van der Waals surface area (Å²) in [6.45, 7) is 0.283. The van der Waals surface area contributed by atoms with Gasteiger partial charge in [-0.25, -0.2) is 0 Å². The Bertz CT molecular complexity index is 1200. The maximum absolute atomic E-state index is 12.3. The number of nitrogens with zero attached hydrogens (tertiary/aromatic N) is 2. The molecule has 9 heteroatoms. The Kier molecular flexibility index (Phi) is 6.58. The molecule has 2 N–H and O–H groups in total. The Morgan fingerprint density at radius 1 is 0.969 bits per heavy atom. The molecule has 4 aromatic rings. The van der Waals surface area contributed by atoms with E-state index in [4.69, 9.17) is 32.5 Å². The molecule has 0 aliphatic carbocycles. The van der Waals surface area contributed by atoms with Crippen molar-refractivity contribution in [3.05, 3.63) is 99.6 Å². The first-order valence-corrected chi connectivity index (χ1v) is 10.3. The Labute approximate surface area is 193 Å². The summed E-state index contributed by atoms with van der Waals surface area (Å²) in [5.74, 6) is 0.898. The van der Waals surface area contributed by atoms with Gasteiger partial charge in [-0.2, -0.15) is 4.98 Å². The van der Waals surface area contributed by atoms with Crippen molar-refractivity contribution >= 4 is 29.1 Å². The standard InChI is InChI=1S/C23H17Cl2N3O4/c24-18-10-15(11-19(25)21(18)29)12-20-27-23(32-28-20)22(30)26-13-14-6-8-17(9-7-14)31-16-4-2-1-3-5-16/h1-11,29H,12-13H2,(H,26,30). The van der Waals surface area contributed by atoms with Crippen molar-refractivity contribution in [3.63, 3.8) is 0 Å². The van der Waals surface area contributed by atoms with Gasteiger partial charge in [0, 0.05) is 13.0 Å². The quantitative estimate of drug-likeness (QED) is 0.376. The highest BCUT2D eigenvalue weighted by atomic mass is 35.5. The van der Waals surface area contributed by atoms with Crippen molar-refractivity contribution in [3.8, 4) is 17.2 Å². The van der Waals surface area contributed by atoms with Crippen LogP contribution in [0.4, 0.5) is 0 Å². The van der Waals surface area contributed by atoms with Crippen molar-refractivity contribution in [2.24, 2.45) is 0 Å². The van der Waals surface area contributed by atoms with Crippen molar-refractivity contribution in [2.45, 2.75) is 13.0 Å². The van der Waals surface area contributed by atoms with E-state index < -0.39 is 5.91 Å². The van der Waals surface area contributed by atoms with Gasteiger partial charge in [-0.3, -0.25) is 4.79 Å². The molecule has 0 unspecified atom stereocenters. The number of phenols is 1. The van der Waals surface area contributed by atoms with E-state index in [1.54, 1.807) is 12.1 Å². The van der Waals surface area contributed by atoms with Crippen LogP contribution in [0.2, 0.25) is 10.0 Å². The topological polar surface area (TPSA) is 97.5 Å². The molecule has 32 heavy (non-hydrogen) atoms. The number of aromatic hydroxyl groups is 1. The minimum absolute atomic E-state index is 0.120. The van der Waals surface area contributed by atoms with Crippen LogP contribution in [0.3, 0.4) is 0 Å². The number of rotatable bonds is 7. The molecule has 0 spiro atoms. The molecule has 162 valence electrons. The molecular weight excluding hydrogens is 453 g/mol. The molecule has 4 rings (SSSR count). The molecule has 1 aromatic heterocycles. The first-order chi connectivity index (χ1) is 15.5. The van der Waals surface area contributed by atoms with Crippen molar-refractivity contribution < 1.29 is 19.2 Å². The van der Waals surface area contributed by atoms with E-state index in [1.165, 1.54) is 0 Å². The Morgan fingerprint density at radius 3 is 2.31 bits per heavy atom. The number of aromatic nitrogens is 2. The van der Waals surface area contributed by atoms with Crippen LogP contribution in [0.1, 0.15) is 27.6 Å². The van der Waals surface area contributed by atoms with Crippen molar-refractivity contribution in [1.82, 2.24) is 15.5 Å². The van der Waals surface area contributed by atoms with Crippen LogP contribution < -0.4 is 10.1 Å². The number of carbonyl (C=O) groups excluding carboxylic acids is 1. The summed E-state index contributed by atoms with van der Waals surface area (Å²) in [7, 11) is 0. The highest BCUT2D eigenvalue weighted by Crippen LogP contribution is 2.33. The molecule has 0 atom stereocenters. The molecule has 0 aliphatic rings. The fourth-order valence-electron chi connectivity index (χ4n) is 2.88. The van der Waals surface area contributed by atoms with Crippen LogP contribution >= 0.6 is 23.2 Å². The van der Waals surface area contributed by atoms with Gasteiger partial charge in [-0.15, -0.1) is 0 Å². The van der Waals surface area contributed by atoms with Gasteiger partial charge in [-0.05, 0) is 47.5 Å². The van der Waals surface area contributed by atoms with E-state index >= 15 is 0 Å². The summed E-state index contributed by atoms with van der Waals surface area (Å²) in [4.78, 5) is 16.4. The second-order valence-electron chi connectivity index (χ2n) is 6.84. The van der Waals surface area contributed by atoms with Gasteiger partial charge < -0.3 is 19.7 Å². The van der Waals surface area contributed by atoms with Crippen LogP contribution in [0.25, 0.3) is 0 Å². The second kappa shape index (κ2) is 9.72. The Balaban J connectivity index is 1.32. The molecule has 1 amide bonds. The minimum atomic E-state index is -0.491. The zero-order valence-corrected chi connectivity index (χ0v) is 18.1. The fourth-order valence-corrected chi connectivity index (χ4v) is 3.41. The fraction of sp³-hybridized carbons (Fsp3) is 0.0870. The molecule has 0 saturated heterocycles. The summed E-state index contributed by atoms with van der Waals surface area (Å²) < 4.78 is 10.8. The maximum atomic E-state index is 12.3. The number of halogens is 2. The summed E-state index contributed by atoms with van der Waals surface area (Å²) in [6, 6.07) is 19.9. The van der Waals surface area contributed by atoms with Crippen molar-refractivity contribution in [2.75, 3.05) is 0 Å². The van der Waals surface area contributed by atoms with Gasteiger partial charge in [0.15, 0.2) is 11.6 Å². The van der Waals surface area contributed by atoms with Gasteiger partial charge in [0.25, 0.3) is 0 Å². The largest absolute Gasteiger partial charge is 0.505 e. The number of hydrogen-bond donors (Lipinski definition) is 2. The third-order valence-corrected chi connectivity index (χ3v) is 5.03. The lowest BCUT2D eigenvalue weighted by Gasteiger charge is -2.07. The lowest BCUT2D eigenvalue weighted by Crippen LogP contribution is -2.23. The molecule has 0 radical (unpaired) electrons. The smallest absolute Gasteiger partial charge is 0.315 e. The number of ether oxygens (including phenoxy) is 1. The highest BCUT2D eigenvalue weighted by Gasteiger charge is 2.16. The molecule has 3 aromatic carbocycles. The monoisotopic (exact) mass is 469 g/mol. The summed E-state index contributed by atoms with van der Waals surface area (Å²) >= 11 is 11.8. The third kappa shape index (κ3) is 5.38. The average molecular weight is 470 g/mol. The molecule has 0 aliphatic heterocycles. The molecule has 7 nitrogen and oxygen atoms in total. The van der Waals surface area contributed by atoms with Crippen LogP contribution in [0.5, 0.6) is 17.2 Å². The maximum Gasteiger partial charge on any atom is 0.315 e. The van der Waals surface area contributed by atoms with E-state index in [-0.39, 0.29) is 40.5 Å². The average Bonchev–Trinajstić information content (AvgIpc) is 3.26. The third-order valence-electron chi connectivity index (χ3n) is 4.46. The molecule has 0 saturated carbocycles. The lowest BCUT2D eigenvalue weighted by atomic mass is 10.1. The second-order valence-corrected chi connectivity index (χ2v) is 7.66. The van der Waals surface area contributed by atoms with E-state index in [0.29, 0.717) is 11.3 Å². The predicted octanol–water partition coefficient (Wildman–Crippen LogP) is 5.40. The van der Waals surface area contributed by atoms with Gasteiger partial charge in [-0.1, -0.05) is 58.7 Å². The number of para-hydroxylation sites is 1.